The van der Waals surface area contributed by atoms with Gasteiger partial charge in [-0.3, -0.25) is 0 Å². The molecule has 0 aromatic heterocycles. The van der Waals surface area contributed by atoms with Crippen LogP contribution in [0.2, 0.25) is 10.0 Å². The molecule has 0 amide bonds. The summed E-state index contributed by atoms with van der Waals surface area (Å²) in [6.07, 6.45) is 4.65. The Kier molecular flexibility index (Phi) is 6.94. The van der Waals surface area contributed by atoms with E-state index in [0.29, 0.717) is 16.1 Å². The van der Waals surface area contributed by atoms with E-state index in [1.54, 1.807) is 0 Å². The molecule has 1 aromatic rings. The largest absolute Gasteiger partial charge is 0.314 e. The average molecular weight is 274 g/mol. The summed E-state index contributed by atoms with van der Waals surface area (Å²) in [5.74, 6) is 0. The predicted molar refractivity (Wildman–Crippen MR) is 77.2 cm³/mol. The maximum atomic E-state index is 5.99. The average Bonchev–Trinajstić information content (AvgIpc) is 2.32. The topological polar surface area (TPSA) is 12.0 Å². The molecule has 0 aliphatic rings. The van der Waals surface area contributed by atoms with Crippen LogP contribution in [0.5, 0.6) is 0 Å². The first-order valence-corrected chi connectivity index (χ1v) is 7.10. The Bertz CT molecular complexity index is 339. The fourth-order valence-corrected chi connectivity index (χ4v) is 2.31. The molecule has 1 nitrogen and oxygen atoms in total. The highest BCUT2D eigenvalue weighted by Crippen LogP contribution is 2.23. The van der Waals surface area contributed by atoms with Gasteiger partial charge in [0.15, 0.2) is 0 Å². The number of halogens is 2. The first kappa shape index (κ1) is 14.8. The van der Waals surface area contributed by atoms with Crippen molar-refractivity contribution in [2.75, 3.05) is 6.54 Å². The first-order valence-electron chi connectivity index (χ1n) is 6.34. The van der Waals surface area contributed by atoms with Crippen LogP contribution >= 0.6 is 23.2 Å². The van der Waals surface area contributed by atoms with E-state index in [1.165, 1.54) is 24.8 Å². The summed E-state index contributed by atoms with van der Waals surface area (Å²) in [4.78, 5) is 0. The van der Waals surface area contributed by atoms with E-state index in [1.807, 2.05) is 12.1 Å². The van der Waals surface area contributed by atoms with Crippen LogP contribution in [0, 0.1) is 0 Å². The molecule has 1 aromatic carbocycles. The number of hydrogen-bond acceptors (Lipinski definition) is 1. The standard InChI is InChI=1S/C14H21Cl2N/c1-3-12(17-4-2)7-5-6-11-8-9-13(15)14(16)10-11/h8-10,12,17H,3-7H2,1-2H3. The number of rotatable bonds is 7. The third-order valence-electron chi connectivity index (χ3n) is 2.99. The second-order valence-electron chi connectivity index (χ2n) is 4.30. The van der Waals surface area contributed by atoms with Gasteiger partial charge in [0.1, 0.15) is 0 Å². The molecule has 1 unspecified atom stereocenters. The van der Waals surface area contributed by atoms with Crippen molar-refractivity contribution in [3.05, 3.63) is 33.8 Å². The minimum absolute atomic E-state index is 0.634. The van der Waals surface area contributed by atoms with Gasteiger partial charge in [0, 0.05) is 6.04 Å². The fraction of sp³-hybridized carbons (Fsp3) is 0.571. The number of aryl methyl sites for hydroxylation is 1. The molecule has 96 valence electrons. The van der Waals surface area contributed by atoms with Crippen LogP contribution in [0.25, 0.3) is 0 Å². The van der Waals surface area contributed by atoms with Gasteiger partial charge in [0.25, 0.3) is 0 Å². The maximum absolute atomic E-state index is 5.99. The molecular formula is C14H21Cl2N. The lowest BCUT2D eigenvalue weighted by molar-refractivity contribution is 0.467. The molecular weight excluding hydrogens is 253 g/mol. The van der Waals surface area contributed by atoms with Crippen LogP contribution in [-0.2, 0) is 6.42 Å². The van der Waals surface area contributed by atoms with Gasteiger partial charge in [-0.2, -0.15) is 0 Å². The summed E-state index contributed by atoms with van der Waals surface area (Å²) in [5, 5.41) is 4.78. The van der Waals surface area contributed by atoms with Gasteiger partial charge in [-0.15, -0.1) is 0 Å². The summed E-state index contributed by atoms with van der Waals surface area (Å²) in [5.41, 5.74) is 1.27. The predicted octanol–water partition coefficient (Wildman–Crippen LogP) is 4.70. The molecule has 17 heavy (non-hydrogen) atoms. The Hall–Kier alpha value is -0.240. The molecule has 1 rings (SSSR count). The van der Waals surface area contributed by atoms with Gasteiger partial charge >= 0.3 is 0 Å². The van der Waals surface area contributed by atoms with Crippen molar-refractivity contribution in [1.29, 1.82) is 0 Å². The zero-order valence-corrected chi connectivity index (χ0v) is 12.1. The summed E-state index contributed by atoms with van der Waals surface area (Å²) in [7, 11) is 0. The number of hydrogen-bond donors (Lipinski definition) is 1. The van der Waals surface area contributed by atoms with Crippen LogP contribution in [0.3, 0.4) is 0 Å². The van der Waals surface area contributed by atoms with Crippen LogP contribution in [-0.4, -0.2) is 12.6 Å². The molecule has 3 heteroatoms. The van der Waals surface area contributed by atoms with E-state index in [0.717, 1.165) is 13.0 Å². The van der Waals surface area contributed by atoms with Crippen LogP contribution < -0.4 is 5.32 Å². The molecule has 0 aliphatic heterocycles. The summed E-state index contributed by atoms with van der Waals surface area (Å²) in [6.45, 7) is 5.43. The Balaban J connectivity index is 2.37. The monoisotopic (exact) mass is 273 g/mol. The van der Waals surface area contributed by atoms with Gasteiger partial charge < -0.3 is 5.32 Å². The first-order chi connectivity index (χ1) is 8.17. The molecule has 1 atom stereocenters. The van der Waals surface area contributed by atoms with Crippen molar-refractivity contribution in [3.63, 3.8) is 0 Å². The van der Waals surface area contributed by atoms with Gasteiger partial charge in [0.2, 0.25) is 0 Å². The highest BCUT2D eigenvalue weighted by molar-refractivity contribution is 6.42. The Labute approximate surface area is 115 Å². The number of benzene rings is 1. The van der Waals surface area contributed by atoms with E-state index >= 15 is 0 Å². The second kappa shape index (κ2) is 7.97. The van der Waals surface area contributed by atoms with Gasteiger partial charge in [0.05, 0.1) is 10.0 Å². The van der Waals surface area contributed by atoms with Gasteiger partial charge in [-0.1, -0.05) is 43.1 Å². The Morgan fingerprint density at radius 2 is 1.94 bits per heavy atom. The van der Waals surface area contributed by atoms with Crippen molar-refractivity contribution in [2.45, 2.75) is 45.6 Å². The minimum Gasteiger partial charge on any atom is -0.314 e. The summed E-state index contributed by atoms with van der Waals surface area (Å²) >= 11 is 11.9. The van der Waals surface area contributed by atoms with Crippen molar-refractivity contribution in [1.82, 2.24) is 5.32 Å². The summed E-state index contributed by atoms with van der Waals surface area (Å²) in [6, 6.07) is 6.55. The van der Waals surface area contributed by atoms with E-state index in [9.17, 15) is 0 Å². The Morgan fingerprint density at radius 3 is 2.53 bits per heavy atom. The lowest BCUT2D eigenvalue weighted by Crippen LogP contribution is -2.27. The summed E-state index contributed by atoms with van der Waals surface area (Å²) < 4.78 is 0. The fourth-order valence-electron chi connectivity index (χ4n) is 1.99. The van der Waals surface area contributed by atoms with Gasteiger partial charge in [-0.25, -0.2) is 0 Å². The second-order valence-corrected chi connectivity index (χ2v) is 5.12. The van der Waals surface area contributed by atoms with Crippen molar-refractivity contribution >= 4 is 23.2 Å². The number of nitrogens with one attached hydrogen (secondary N) is 1. The third kappa shape index (κ3) is 5.29. The molecule has 0 saturated heterocycles. The molecule has 0 saturated carbocycles. The molecule has 0 radical (unpaired) electrons. The van der Waals surface area contributed by atoms with Crippen molar-refractivity contribution in [3.8, 4) is 0 Å². The maximum Gasteiger partial charge on any atom is 0.0595 e. The lowest BCUT2D eigenvalue weighted by Gasteiger charge is -2.15. The van der Waals surface area contributed by atoms with E-state index < -0.39 is 0 Å². The molecule has 0 spiro atoms. The van der Waals surface area contributed by atoms with Crippen molar-refractivity contribution < 1.29 is 0 Å². The van der Waals surface area contributed by atoms with E-state index in [4.69, 9.17) is 23.2 Å². The van der Waals surface area contributed by atoms with Gasteiger partial charge in [-0.05, 0) is 49.9 Å². The zero-order valence-electron chi connectivity index (χ0n) is 10.6. The van der Waals surface area contributed by atoms with Crippen LogP contribution in [0.4, 0.5) is 0 Å². The highest BCUT2D eigenvalue weighted by Gasteiger charge is 2.05. The SMILES string of the molecule is CCNC(CC)CCCc1ccc(Cl)c(Cl)c1. The molecule has 0 aliphatic carbocycles. The van der Waals surface area contributed by atoms with Crippen LogP contribution in [0.1, 0.15) is 38.7 Å². The van der Waals surface area contributed by atoms with E-state index in [2.05, 4.69) is 25.2 Å². The quantitative estimate of drug-likeness (QED) is 0.759. The normalized spacial score (nSPS) is 12.7. The third-order valence-corrected chi connectivity index (χ3v) is 3.73. The molecule has 0 heterocycles. The smallest absolute Gasteiger partial charge is 0.0595 e. The zero-order chi connectivity index (χ0) is 12.7. The Morgan fingerprint density at radius 1 is 1.18 bits per heavy atom. The molecule has 1 N–H and O–H groups in total. The lowest BCUT2D eigenvalue weighted by atomic mass is 10.0. The van der Waals surface area contributed by atoms with E-state index in [-0.39, 0.29) is 0 Å². The molecule has 0 bridgehead atoms. The minimum atomic E-state index is 0.634. The molecule has 0 fully saturated rings. The highest BCUT2D eigenvalue weighted by atomic mass is 35.5. The van der Waals surface area contributed by atoms with Crippen LogP contribution in [0.15, 0.2) is 18.2 Å². The van der Waals surface area contributed by atoms with Crippen molar-refractivity contribution in [2.24, 2.45) is 0 Å².